The molecule has 148 valence electrons. The largest absolute Gasteiger partial charge is 0.452 e. The molecular weight excluding hydrogens is 370 g/mol. The van der Waals surface area contributed by atoms with Gasteiger partial charge in [-0.15, -0.1) is 0 Å². The average Bonchev–Trinajstić information content (AvgIpc) is 2.64. The van der Waals surface area contributed by atoms with Crippen LogP contribution in [0.25, 0.3) is 0 Å². The molecule has 0 aliphatic rings. The Kier molecular flexibility index (Phi) is 7.20. The van der Waals surface area contributed by atoms with Gasteiger partial charge in [-0.25, -0.2) is 13.6 Å². The van der Waals surface area contributed by atoms with Crippen LogP contribution in [0, 0.1) is 17.6 Å². The van der Waals surface area contributed by atoms with Crippen molar-refractivity contribution in [2.45, 2.75) is 13.8 Å². The van der Waals surface area contributed by atoms with Crippen LogP contribution in [0.3, 0.4) is 0 Å². The summed E-state index contributed by atoms with van der Waals surface area (Å²) in [4.78, 5) is 36.1. The molecule has 0 saturated heterocycles. The number of hydrogen-bond acceptors (Lipinski definition) is 4. The van der Waals surface area contributed by atoms with Crippen molar-refractivity contribution in [2.75, 3.05) is 18.5 Å². The number of carbonyl (C=O) groups excluding carboxylic acids is 3. The van der Waals surface area contributed by atoms with Gasteiger partial charge >= 0.3 is 5.97 Å². The Bertz CT molecular complexity index is 884. The number of halogens is 2. The first kappa shape index (κ1) is 21.0. The summed E-state index contributed by atoms with van der Waals surface area (Å²) in [6.45, 7) is 3.68. The molecule has 2 amide bonds. The predicted octanol–water partition coefficient (Wildman–Crippen LogP) is 3.15. The van der Waals surface area contributed by atoms with E-state index in [1.54, 1.807) is 18.2 Å². The molecule has 2 aromatic carbocycles. The molecule has 0 fully saturated rings. The minimum absolute atomic E-state index is 0.248. The van der Waals surface area contributed by atoms with Crippen LogP contribution in [0.15, 0.2) is 42.5 Å². The molecule has 0 heterocycles. The first-order valence-electron chi connectivity index (χ1n) is 8.57. The highest BCUT2D eigenvalue weighted by Gasteiger charge is 2.17. The van der Waals surface area contributed by atoms with Crippen LogP contribution < -0.4 is 10.6 Å². The maximum atomic E-state index is 13.6. The molecule has 6 nitrogen and oxygen atoms in total. The van der Waals surface area contributed by atoms with Crippen LogP contribution in [0.4, 0.5) is 14.5 Å². The lowest BCUT2D eigenvalue weighted by Gasteiger charge is -2.12. The molecule has 0 bridgehead atoms. The zero-order chi connectivity index (χ0) is 20.7. The van der Waals surface area contributed by atoms with E-state index in [1.807, 2.05) is 13.8 Å². The fraction of sp³-hybridized carbons (Fsp3) is 0.250. The van der Waals surface area contributed by atoms with Gasteiger partial charge in [-0.2, -0.15) is 0 Å². The van der Waals surface area contributed by atoms with E-state index in [0.29, 0.717) is 12.6 Å². The summed E-state index contributed by atoms with van der Waals surface area (Å²) in [7, 11) is 0. The number of rotatable bonds is 7. The number of ether oxygens (including phenoxy) is 1. The normalized spacial score (nSPS) is 10.5. The van der Waals surface area contributed by atoms with Gasteiger partial charge in [0.15, 0.2) is 6.61 Å². The predicted molar refractivity (Wildman–Crippen MR) is 98.9 cm³/mol. The van der Waals surface area contributed by atoms with E-state index in [-0.39, 0.29) is 23.1 Å². The zero-order valence-corrected chi connectivity index (χ0v) is 15.4. The zero-order valence-electron chi connectivity index (χ0n) is 15.4. The van der Waals surface area contributed by atoms with E-state index in [1.165, 1.54) is 6.07 Å². The number of esters is 1. The van der Waals surface area contributed by atoms with Gasteiger partial charge in [0.05, 0.1) is 16.8 Å². The number of benzene rings is 2. The van der Waals surface area contributed by atoms with Gasteiger partial charge < -0.3 is 15.4 Å². The summed E-state index contributed by atoms with van der Waals surface area (Å²) in [6.07, 6.45) is 0. The Balaban J connectivity index is 1.98. The highest BCUT2D eigenvalue weighted by atomic mass is 19.1. The van der Waals surface area contributed by atoms with Crippen molar-refractivity contribution in [1.29, 1.82) is 0 Å². The molecule has 28 heavy (non-hydrogen) atoms. The lowest BCUT2D eigenvalue weighted by atomic mass is 10.1. The van der Waals surface area contributed by atoms with Crippen molar-refractivity contribution in [3.8, 4) is 0 Å². The van der Waals surface area contributed by atoms with E-state index in [0.717, 1.165) is 12.1 Å². The third-order valence-electron chi connectivity index (χ3n) is 3.60. The van der Waals surface area contributed by atoms with Crippen molar-refractivity contribution in [3.63, 3.8) is 0 Å². The highest BCUT2D eigenvalue weighted by Crippen LogP contribution is 2.15. The van der Waals surface area contributed by atoms with E-state index < -0.39 is 35.7 Å². The van der Waals surface area contributed by atoms with Gasteiger partial charge in [0.1, 0.15) is 11.6 Å². The Morgan fingerprint density at radius 3 is 2.43 bits per heavy atom. The van der Waals surface area contributed by atoms with Crippen molar-refractivity contribution in [3.05, 3.63) is 65.2 Å². The first-order valence-corrected chi connectivity index (χ1v) is 8.57. The van der Waals surface area contributed by atoms with Crippen molar-refractivity contribution >= 4 is 23.5 Å². The minimum atomic E-state index is -1.10. The van der Waals surface area contributed by atoms with Gasteiger partial charge in [0, 0.05) is 12.6 Å². The number of hydrogen-bond donors (Lipinski definition) is 2. The summed E-state index contributed by atoms with van der Waals surface area (Å²) < 4.78 is 31.2. The van der Waals surface area contributed by atoms with Gasteiger partial charge in [0.25, 0.3) is 11.8 Å². The average molecular weight is 390 g/mol. The summed E-state index contributed by atoms with van der Waals surface area (Å²) in [5.41, 5.74) is 0.0211. The highest BCUT2D eigenvalue weighted by molar-refractivity contribution is 6.04. The van der Waals surface area contributed by atoms with Crippen molar-refractivity contribution < 1.29 is 27.9 Å². The van der Waals surface area contributed by atoms with Gasteiger partial charge in [-0.1, -0.05) is 26.0 Å². The standard InChI is InChI=1S/C20H20F2N2O4/c1-12(2)10-23-19(26)15-5-3-4-6-17(15)24-18(25)11-28-20(27)14-8-7-13(21)9-16(14)22/h3-9,12H,10-11H2,1-2H3,(H,23,26)(H,24,25). The van der Waals surface area contributed by atoms with E-state index in [9.17, 15) is 23.2 Å². The maximum absolute atomic E-state index is 13.6. The van der Waals surface area contributed by atoms with Crippen LogP contribution in [0.2, 0.25) is 0 Å². The molecule has 0 radical (unpaired) electrons. The Hall–Kier alpha value is -3.29. The summed E-state index contributed by atoms with van der Waals surface area (Å²) in [5.74, 6) is -3.82. The first-order chi connectivity index (χ1) is 13.3. The number of anilines is 1. The molecule has 0 saturated carbocycles. The van der Waals surface area contributed by atoms with Gasteiger partial charge in [-0.05, 0) is 30.2 Å². The fourth-order valence-electron chi connectivity index (χ4n) is 2.23. The SMILES string of the molecule is CC(C)CNC(=O)c1ccccc1NC(=O)COC(=O)c1ccc(F)cc1F. The molecule has 2 N–H and O–H groups in total. The topological polar surface area (TPSA) is 84.5 Å². The van der Waals surface area contributed by atoms with Crippen molar-refractivity contribution in [2.24, 2.45) is 5.92 Å². The third kappa shape index (κ3) is 5.87. The fourth-order valence-corrected chi connectivity index (χ4v) is 2.23. The Morgan fingerprint density at radius 2 is 1.75 bits per heavy atom. The second-order valence-corrected chi connectivity index (χ2v) is 6.40. The lowest BCUT2D eigenvalue weighted by Crippen LogP contribution is -2.29. The molecule has 0 atom stereocenters. The van der Waals surface area contributed by atoms with Crippen LogP contribution >= 0.6 is 0 Å². The number of carbonyl (C=O) groups is 3. The summed E-state index contributed by atoms with van der Waals surface area (Å²) >= 11 is 0. The number of para-hydroxylation sites is 1. The maximum Gasteiger partial charge on any atom is 0.341 e. The van der Waals surface area contributed by atoms with Gasteiger partial charge in [-0.3, -0.25) is 9.59 Å². The Morgan fingerprint density at radius 1 is 1.04 bits per heavy atom. The summed E-state index contributed by atoms with van der Waals surface area (Å²) in [6, 6.07) is 8.74. The molecule has 8 heteroatoms. The molecule has 0 aromatic heterocycles. The Labute approximate surface area is 160 Å². The molecule has 0 spiro atoms. The van der Waals surface area contributed by atoms with E-state index in [2.05, 4.69) is 10.6 Å². The quantitative estimate of drug-likeness (QED) is 0.712. The molecule has 2 rings (SSSR count). The van der Waals surface area contributed by atoms with Gasteiger partial charge in [0.2, 0.25) is 0 Å². The minimum Gasteiger partial charge on any atom is -0.452 e. The second kappa shape index (κ2) is 9.59. The number of nitrogens with one attached hydrogen (secondary N) is 2. The molecular formula is C20H20F2N2O4. The second-order valence-electron chi connectivity index (χ2n) is 6.40. The molecule has 0 aliphatic carbocycles. The lowest BCUT2D eigenvalue weighted by molar-refractivity contribution is -0.119. The van der Waals surface area contributed by atoms with E-state index >= 15 is 0 Å². The molecule has 0 unspecified atom stereocenters. The van der Waals surface area contributed by atoms with Crippen LogP contribution in [0.1, 0.15) is 34.6 Å². The smallest absolute Gasteiger partial charge is 0.341 e. The monoisotopic (exact) mass is 390 g/mol. The number of amides is 2. The molecule has 0 aliphatic heterocycles. The van der Waals surface area contributed by atoms with E-state index in [4.69, 9.17) is 4.74 Å². The molecule has 2 aromatic rings. The van der Waals surface area contributed by atoms with Crippen LogP contribution in [0.5, 0.6) is 0 Å². The van der Waals surface area contributed by atoms with Crippen LogP contribution in [-0.2, 0) is 9.53 Å². The third-order valence-corrected chi connectivity index (χ3v) is 3.60. The summed E-state index contributed by atoms with van der Waals surface area (Å²) in [5, 5.41) is 5.23. The van der Waals surface area contributed by atoms with Crippen LogP contribution in [-0.4, -0.2) is 30.9 Å². The van der Waals surface area contributed by atoms with Crippen molar-refractivity contribution in [1.82, 2.24) is 5.32 Å².